The number of carboxylic acids is 1. The minimum Gasteiger partial charge on any atom is -0.476 e. The molecule has 212 valence electrons. The number of carboxylic acid groups (broad SMARTS) is 1. The predicted molar refractivity (Wildman–Crippen MR) is 131 cm³/mol. The van der Waals surface area contributed by atoms with E-state index in [0.29, 0.717) is 6.67 Å². The molecule has 1 aromatic carbocycles. The van der Waals surface area contributed by atoms with Crippen LogP contribution in [-0.4, -0.2) is 63.0 Å². The summed E-state index contributed by atoms with van der Waals surface area (Å²) in [6, 6.07) is 7.75. The first kappa shape index (κ1) is 28.3. The molecular weight excluding hydrogens is 540 g/mol. The fourth-order valence-electron chi connectivity index (χ4n) is 3.53. The van der Waals surface area contributed by atoms with Crippen LogP contribution in [0, 0.1) is 5.92 Å². The van der Waals surface area contributed by atoms with Crippen LogP contribution in [0.4, 0.5) is 17.6 Å². The zero-order valence-electron chi connectivity index (χ0n) is 21.1. The summed E-state index contributed by atoms with van der Waals surface area (Å²) in [4.78, 5) is 36.2. The monoisotopic (exact) mass is 564 g/mol. The second kappa shape index (κ2) is 12.0. The van der Waals surface area contributed by atoms with Crippen LogP contribution in [0.15, 0.2) is 62.7 Å². The number of carbonyl (C=O) groups is 2. The van der Waals surface area contributed by atoms with E-state index in [1.165, 1.54) is 25.0 Å². The summed E-state index contributed by atoms with van der Waals surface area (Å²) in [5.74, 6) is -2.64. The largest absolute Gasteiger partial charge is 0.476 e. The van der Waals surface area contributed by atoms with Gasteiger partial charge in [-0.2, -0.15) is 13.2 Å². The molecule has 1 fully saturated rings. The molecule has 0 spiro atoms. The zero-order valence-corrected chi connectivity index (χ0v) is 21.1. The van der Waals surface area contributed by atoms with Gasteiger partial charge in [0.1, 0.15) is 18.8 Å². The lowest BCUT2D eigenvalue weighted by Gasteiger charge is -2.26. The van der Waals surface area contributed by atoms with Gasteiger partial charge in [0.25, 0.3) is 5.91 Å². The highest BCUT2D eigenvalue weighted by molar-refractivity contribution is 5.94. The van der Waals surface area contributed by atoms with Gasteiger partial charge in [0.15, 0.2) is 18.1 Å². The second-order valence-electron chi connectivity index (χ2n) is 8.83. The molecule has 0 bridgehead atoms. The van der Waals surface area contributed by atoms with Crippen LogP contribution in [0.3, 0.4) is 0 Å². The number of rotatable bonds is 7. The summed E-state index contributed by atoms with van der Waals surface area (Å²) in [5, 5.41) is 10.2. The minimum atomic E-state index is -4.90. The molecule has 0 saturated heterocycles. The number of carbonyl (C=O) groups excluding carboxylic acids is 1. The number of hydrazine groups is 1. The summed E-state index contributed by atoms with van der Waals surface area (Å²) < 4.78 is 59.3. The van der Waals surface area contributed by atoms with Gasteiger partial charge in [0.2, 0.25) is 17.5 Å². The van der Waals surface area contributed by atoms with E-state index >= 15 is 0 Å². The van der Waals surface area contributed by atoms with E-state index in [0.717, 1.165) is 24.6 Å². The number of aromatic nitrogens is 2. The smallest absolute Gasteiger partial charge is 0.452 e. The molecule has 15 heteroatoms. The molecule has 2 aliphatic rings. The first-order valence-electron chi connectivity index (χ1n) is 11.9. The molecule has 1 saturated carbocycles. The topological polar surface area (TPSA) is 137 Å². The maximum absolute atomic E-state index is 12.5. The number of halogens is 4. The molecule has 0 atom stereocenters. The van der Waals surface area contributed by atoms with Crippen molar-refractivity contribution in [1.82, 2.24) is 25.3 Å². The van der Waals surface area contributed by atoms with Gasteiger partial charge >= 0.3 is 12.1 Å². The summed E-state index contributed by atoms with van der Waals surface area (Å²) in [5.41, 5.74) is 1.80. The summed E-state index contributed by atoms with van der Waals surface area (Å²) in [7, 11) is 2.02. The van der Waals surface area contributed by atoms with Crippen molar-refractivity contribution in [2.24, 2.45) is 10.9 Å². The van der Waals surface area contributed by atoms with Crippen LogP contribution in [0.1, 0.15) is 45.5 Å². The van der Waals surface area contributed by atoms with Crippen molar-refractivity contribution in [2.45, 2.75) is 25.7 Å². The first-order valence-corrected chi connectivity index (χ1v) is 11.9. The van der Waals surface area contributed by atoms with Crippen molar-refractivity contribution >= 4 is 17.7 Å². The second-order valence-corrected chi connectivity index (χ2v) is 8.83. The lowest BCUT2D eigenvalue weighted by molar-refractivity contribution is -0.153. The van der Waals surface area contributed by atoms with Gasteiger partial charge in [0, 0.05) is 25.4 Å². The van der Waals surface area contributed by atoms with Crippen LogP contribution in [0.5, 0.6) is 0 Å². The Morgan fingerprint density at radius 3 is 2.45 bits per heavy atom. The van der Waals surface area contributed by atoms with E-state index in [1.807, 2.05) is 13.1 Å². The van der Waals surface area contributed by atoms with Gasteiger partial charge in [0.05, 0.1) is 0 Å². The number of amides is 1. The third-order valence-electron chi connectivity index (χ3n) is 5.66. The molecule has 2 N–H and O–H groups in total. The SMILES string of the molecule is CN(CC1CC1)C1=NCN(NC(=O)c2coc(CF)n2)C=C1.O=C(O)c1nc(-c2ccccc2)oc1C(F)(F)F. The van der Waals surface area contributed by atoms with Crippen molar-refractivity contribution in [3.05, 3.63) is 71.9 Å². The van der Waals surface area contributed by atoms with E-state index in [1.54, 1.807) is 29.4 Å². The fourth-order valence-corrected chi connectivity index (χ4v) is 3.53. The Balaban J connectivity index is 0.000000189. The third-order valence-corrected chi connectivity index (χ3v) is 5.66. The molecule has 1 amide bonds. The standard InChI is InChI=1S/C14H18FN5O2.C11H6F3NO3/c1-19(7-10-2-3-10)12-4-5-20(9-16-12)18-14(21)11-8-22-13(6-15)17-11;12-11(13,14)8-7(10(16)17)15-9(18-8)6-4-2-1-3-5-6/h4-5,8,10H,2-3,6-7,9H2,1H3,(H,18,21);1-5H,(H,16,17). The van der Waals surface area contributed by atoms with E-state index in [2.05, 4.69) is 29.7 Å². The molecule has 1 aliphatic heterocycles. The first-order chi connectivity index (χ1) is 19.0. The molecule has 1 aliphatic carbocycles. The maximum atomic E-state index is 12.5. The number of alkyl halides is 4. The highest BCUT2D eigenvalue weighted by atomic mass is 19.4. The van der Waals surface area contributed by atoms with Crippen molar-refractivity contribution in [1.29, 1.82) is 0 Å². The van der Waals surface area contributed by atoms with E-state index in [9.17, 15) is 27.2 Å². The Labute approximate surface area is 224 Å². The van der Waals surface area contributed by atoms with Gasteiger partial charge in [-0.15, -0.1) is 0 Å². The Kier molecular flexibility index (Phi) is 8.50. The Bertz CT molecular complexity index is 1400. The number of hydrogen-bond acceptors (Lipinski definition) is 9. The average Bonchev–Trinajstić information content (AvgIpc) is 3.41. The number of hydrogen-bond donors (Lipinski definition) is 2. The van der Waals surface area contributed by atoms with Crippen molar-refractivity contribution < 1.29 is 41.1 Å². The Morgan fingerprint density at radius 2 is 1.93 bits per heavy atom. The van der Waals surface area contributed by atoms with Crippen LogP contribution in [0.2, 0.25) is 0 Å². The lowest BCUT2D eigenvalue weighted by atomic mass is 10.2. The number of amidine groups is 1. The number of oxazole rings is 2. The number of aromatic carboxylic acids is 1. The summed E-state index contributed by atoms with van der Waals surface area (Å²) in [6.07, 6.45) is 2.43. The number of likely N-dealkylation sites (N-methyl/N-ethyl adjacent to an activating group) is 1. The maximum Gasteiger partial charge on any atom is 0.452 e. The Morgan fingerprint density at radius 1 is 1.20 bits per heavy atom. The summed E-state index contributed by atoms with van der Waals surface area (Å²) >= 11 is 0. The van der Waals surface area contributed by atoms with Gasteiger partial charge < -0.3 is 18.8 Å². The van der Waals surface area contributed by atoms with Gasteiger partial charge in [-0.1, -0.05) is 18.2 Å². The van der Waals surface area contributed by atoms with Crippen LogP contribution in [-0.2, 0) is 12.9 Å². The molecule has 0 unspecified atom stereocenters. The predicted octanol–water partition coefficient (Wildman–Crippen LogP) is 4.37. The molecule has 11 nitrogen and oxygen atoms in total. The molecule has 3 heterocycles. The number of benzene rings is 1. The van der Waals surface area contributed by atoms with Gasteiger partial charge in [-0.3, -0.25) is 15.2 Å². The highest BCUT2D eigenvalue weighted by Gasteiger charge is 2.42. The van der Waals surface area contributed by atoms with Crippen LogP contribution >= 0.6 is 0 Å². The summed E-state index contributed by atoms with van der Waals surface area (Å²) in [6.45, 7) is 0.499. The zero-order chi connectivity index (χ0) is 28.9. The van der Waals surface area contributed by atoms with E-state index < -0.39 is 36.2 Å². The van der Waals surface area contributed by atoms with Gasteiger partial charge in [-0.25, -0.2) is 24.1 Å². The third kappa shape index (κ3) is 7.24. The molecule has 40 heavy (non-hydrogen) atoms. The molecule has 2 aromatic heterocycles. The molecular formula is C25H24F4N6O5. The lowest BCUT2D eigenvalue weighted by Crippen LogP contribution is -2.42. The van der Waals surface area contributed by atoms with E-state index in [-0.39, 0.29) is 23.0 Å². The highest BCUT2D eigenvalue weighted by Crippen LogP contribution is 2.35. The molecule has 0 radical (unpaired) electrons. The average molecular weight is 564 g/mol. The number of nitrogens with one attached hydrogen (secondary N) is 1. The molecule has 3 aromatic rings. The van der Waals surface area contributed by atoms with Crippen molar-refractivity contribution in [3.63, 3.8) is 0 Å². The van der Waals surface area contributed by atoms with E-state index in [4.69, 9.17) is 9.52 Å². The minimum absolute atomic E-state index is 0.0432. The van der Waals surface area contributed by atoms with Crippen LogP contribution in [0.25, 0.3) is 11.5 Å². The van der Waals surface area contributed by atoms with Crippen LogP contribution < -0.4 is 5.43 Å². The van der Waals surface area contributed by atoms with Crippen molar-refractivity contribution in [3.8, 4) is 11.5 Å². The quantitative estimate of drug-likeness (QED) is 0.401. The number of aliphatic imine (C=N–C) groups is 1. The fraction of sp³-hybridized carbons (Fsp3) is 0.320. The van der Waals surface area contributed by atoms with Crippen molar-refractivity contribution in [2.75, 3.05) is 20.3 Å². The Hall–Kier alpha value is -4.69. The number of nitrogens with zero attached hydrogens (tertiary/aromatic N) is 5. The molecule has 5 rings (SSSR count). The normalized spacial score (nSPS) is 14.7. The van der Waals surface area contributed by atoms with Gasteiger partial charge in [-0.05, 0) is 37.0 Å².